The average Bonchev–Trinajstić information content (AvgIpc) is 2.70. The lowest BCUT2D eigenvalue weighted by Crippen LogP contribution is -2.22. The molecule has 0 fully saturated rings. The van der Waals surface area contributed by atoms with Crippen molar-refractivity contribution in [3.63, 3.8) is 0 Å². The van der Waals surface area contributed by atoms with E-state index in [9.17, 15) is 4.79 Å². The van der Waals surface area contributed by atoms with Crippen LogP contribution in [0.5, 0.6) is 5.75 Å². The SMILES string of the molecule is CCc1nc2ccc(Br)cc2c(=O)n1N=Cc1cc(Br)c(O[C@H](C)CC)c(Br)c1. The fraction of sp³-hybridized carbons (Fsp3) is 0.286. The number of halogens is 3. The Morgan fingerprint density at radius 2 is 1.86 bits per heavy atom. The summed E-state index contributed by atoms with van der Waals surface area (Å²) in [5, 5.41) is 4.96. The second-order valence-corrected chi connectivity index (χ2v) is 9.18. The molecule has 29 heavy (non-hydrogen) atoms. The zero-order chi connectivity index (χ0) is 21.1. The third-order valence-corrected chi connectivity index (χ3v) is 6.10. The first-order chi connectivity index (χ1) is 13.8. The summed E-state index contributed by atoms with van der Waals surface area (Å²) < 4.78 is 9.77. The van der Waals surface area contributed by atoms with Crippen LogP contribution in [0.3, 0.4) is 0 Å². The topological polar surface area (TPSA) is 56.5 Å². The number of rotatable bonds is 6. The Morgan fingerprint density at radius 3 is 2.48 bits per heavy atom. The highest BCUT2D eigenvalue weighted by atomic mass is 79.9. The van der Waals surface area contributed by atoms with Crippen LogP contribution in [0.1, 0.15) is 38.6 Å². The van der Waals surface area contributed by atoms with E-state index in [-0.39, 0.29) is 11.7 Å². The predicted octanol–water partition coefficient (Wildman–Crippen LogP) is 6.31. The molecule has 1 atom stereocenters. The second kappa shape index (κ2) is 9.53. The zero-order valence-electron chi connectivity index (χ0n) is 16.2. The quantitative estimate of drug-likeness (QED) is 0.319. The number of aryl methyl sites for hydroxylation is 1. The molecule has 3 aromatic rings. The van der Waals surface area contributed by atoms with Gasteiger partial charge < -0.3 is 4.74 Å². The molecule has 0 saturated carbocycles. The smallest absolute Gasteiger partial charge is 0.282 e. The molecule has 1 heterocycles. The largest absolute Gasteiger partial charge is 0.488 e. The molecule has 0 amide bonds. The number of ether oxygens (including phenoxy) is 1. The number of nitrogens with zero attached hydrogens (tertiary/aromatic N) is 3. The van der Waals surface area contributed by atoms with Crippen molar-refractivity contribution < 1.29 is 4.74 Å². The number of aromatic nitrogens is 2. The Labute approximate surface area is 194 Å². The molecule has 1 aromatic heterocycles. The van der Waals surface area contributed by atoms with Crippen LogP contribution in [0.4, 0.5) is 0 Å². The maximum absolute atomic E-state index is 13.0. The van der Waals surface area contributed by atoms with Gasteiger partial charge in [-0.1, -0.05) is 29.8 Å². The second-order valence-electron chi connectivity index (χ2n) is 6.55. The standard InChI is InChI=1S/C21H20Br3N3O2/c1-4-12(3)29-20-16(23)8-13(9-17(20)24)11-25-27-19(5-2)26-18-7-6-14(22)10-15(18)21(27)28/h6-12H,4-5H2,1-3H3/t12-/m1/s1. The van der Waals surface area contributed by atoms with E-state index in [1.807, 2.05) is 38.1 Å². The van der Waals surface area contributed by atoms with E-state index >= 15 is 0 Å². The van der Waals surface area contributed by atoms with Crippen LogP contribution in [0, 0.1) is 0 Å². The first-order valence-electron chi connectivity index (χ1n) is 9.25. The lowest BCUT2D eigenvalue weighted by molar-refractivity contribution is 0.214. The number of fused-ring (bicyclic) bond motifs is 1. The first-order valence-corrected chi connectivity index (χ1v) is 11.6. The van der Waals surface area contributed by atoms with Crippen LogP contribution < -0.4 is 10.3 Å². The van der Waals surface area contributed by atoms with Crippen LogP contribution in [-0.2, 0) is 6.42 Å². The fourth-order valence-corrected chi connectivity index (χ4v) is 4.49. The van der Waals surface area contributed by atoms with Gasteiger partial charge in [0.1, 0.15) is 11.6 Å². The molecule has 0 spiro atoms. The molecular weight excluding hydrogens is 566 g/mol. The highest BCUT2D eigenvalue weighted by Gasteiger charge is 2.12. The Kier molecular flexibility index (Phi) is 7.29. The Balaban J connectivity index is 2.02. The molecule has 0 aliphatic carbocycles. The molecule has 8 heteroatoms. The minimum Gasteiger partial charge on any atom is -0.488 e. The third-order valence-electron chi connectivity index (χ3n) is 4.43. The van der Waals surface area contributed by atoms with Gasteiger partial charge in [0.15, 0.2) is 0 Å². The van der Waals surface area contributed by atoms with Gasteiger partial charge in [-0.25, -0.2) is 4.98 Å². The summed E-state index contributed by atoms with van der Waals surface area (Å²) in [6, 6.07) is 9.30. The van der Waals surface area contributed by atoms with Gasteiger partial charge in [0.05, 0.1) is 32.2 Å². The van der Waals surface area contributed by atoms with Gasteiger partial charge in [-0.2, -0.15) is 9.78 Å². The summed E-state index contributed by atoms with van der Waals surface area (Å²) in [4.78, 5) is 17.6. The molecule has 0 N–H and O–H groups in total. The van der Waals surface area contributed by atoms with E-state index in [1.165, 1.54) is 4.68 Å². The van der Waals surface area contributed by atoms with Gasteiger partial charge in [0, 0.05) is 10.9 Å². The van der Waals surface area contributed by atoms with E-state index in [0.717, 1.165) is 31.2 Å². The Morgan fingerprint density at radius 1 is 1.17 bits per heavy atom. The molecule has 2 aromatic carbocycles. The van der Waals surface area contributed by atoms with E-state index in [1.54, 1.807) is 12.3 Å². The molecule has 3 rings (SSSR count). The van der Waals surface area contributed by atoms with Crippen molar-refractivity contribution in [1.29, 1.82) is 0 Å². The maximum Gasteiger partial charge on any atom is 0.282 e. The fourth-order valence-electron chi connectivity index (χ4n) is 2.72. The summed E-state index contributed by atoms with van der Waals surface area (Å²) >= 11 is 10.5. The third kappa shape index (κ3) is 4.98. The van der Waals surface area contributed by atoms with Crippen LogP contribution in [0.2, 0.25) is 0 Å². The van der Waals surface area contributed by atoms with E-state index < -0.39 is 0 Å². The molecule has 0 bridgehead atoms. The van der Waals surface area contributed by atoms with Crippen molar-refractivity contribution in [2.75, 3.05) is 0 Å². The minimum atomic E-state index is -0.195. The Bertz CT molecular complexity index is 1120. The van der Waals surface area contributed by atoms with Crippen molar-refractivity contribution in [3.05, 3.63) is 65.5 Å². The van der Waals surface area contributed by atoms with Crippen LogP contribution >= 0.6 is 47.8 Å². The zero-order valence-corrected chi connectivity index (χ0v) is 21.0. The van der Waals surface area contributed by atoms with E-state index in [0.29, 0.717) is 23.1 Å². The van der Waals surface area contributed by atoms with Gasteiger partial charge in [0.2, 0.25) is 0 Å². The molecule has 152 valence electrons. The van der Waals surface area contributed by atoms with Crippen LogP contribution in [0.25, 0.3) is 10.9 Å². The van der Waals surface area contributed by atoms with Crippen molar-refractivity contribution in [3.8, 4) is 5.75 Å². The summed E-state index contributed by atoms with van der Waals surface area (Å²) in [7, 11) is 0. The maximum atomic E-state index is 13.0. The highest BCUT2D eigenvalue weighted by Crippen LogP contribution is 2.35. The van der Waals surface area contributed by atoms with Gasteiger partial charge in [-0.15, -0.1) is 0 Å². The molecule has 0 radical (unpaired) electrons. The van der Waals surface area contributed by atoms with Crippen LogP contribution in [0.15, 0.2) is 53.6 Å². The Hall–Kier alpha value is -1.51. The molecular formula is C21H20Br3N3O2. The van der Waals surface area contributed by atoms with Gasteiger partial charge in [-0.05, 0) is 81.1 Å². The van der Waals surface area contributed by atoms with Gasteiger partial charge in [-0.3, -0.25) is 4.79 Å². The van der Waals surface area contributed by atoms with Gasteiger partial charge in [0.25, 0.3) is 5.56 Å². The average molecular weight is 586 g/mol. The number of hydrogen-bond acceptors (Lipinski definition) is 4. The normalized spacial score (nSPS) is 12.6. The molecule has 0 aliphatic heterocycles. The summed E-state index contributed by atoms with van der Waals surface area (Å²) in [6.07, 6.45) is 3.26. The lowest BCUT2D eigenvalue weighted by atomic mass is 10.2. The van der Waals surface area contributed by atoms with Crippen molar-refractivity contribution >= 4 is 64.9 Å². The van der Waals surface area contributed by atoms with Crippen molar-refractivity contribution in [2.24, 2.45) is 5.10 Å². The number of benzene rings is 2. The molecule has 0 unspecified atom stereocenters. The van der Waals surface area contributed by atoms with Gasteiger partial charge >= 0.3 is 0 Å². The molecule has 5 nitrogen and oxygen atoms in total. The minimum absolute atomic E-state index is 0.107. The van der Waals surface area contributed by atoms with E-state index in [4.69, 9.17) is 4.74 Å². The summed E-state index contributed by atoms with van der Waals surface area (Å²) in [5.74, 6) is 1.36. The molecule has 0 aliphatic rings. The number of hydrogen-bond donors (Lipinski definition) is 0. The van der Waals surface area contributed by atoms with Crippen molar-refractivity contribution in [2.45, 2.75) is 39.7 Å². The first kappa shape index (κ1) is 22.2. The highest BCUT2D eigenvalue weighted by molar-refractivity contribution is 9.11. The predicted molar refractivity (Wildman–Crippen MR) is 128 cm³/mol. The summed E-state index contributed by atoms with van der Waals surface area (Å²) in [5.41, 5.74) is 1.29. The summed E-state index contributed by atoms with van der Waals surface area (Å²) in [6.45, 7) is 6.05. The van der Waals surface area contributed by atoms with Crippen molar-refractivity contribution in [1.82, 2.24) is 9.66 Å². The van der Waals surface area contributed by atoms with E-state index in [2.05, 4.69) is 64.8 Å². The lowest BCUT2D eigenvalue weighted by Gasteiger charge is -2.16. The monoisotopic (exact) mass is 583 g/mol. The van der Waals surface area contributed by atoms with Crippen LogP contribution in [-0.4, -0.2) is 22.0 Å². The molecule has 0 saturated heterocycles.